The van der Waals surface area contributed by atoms with Crippen LogP contribution in [0.5, 0.6) is 11.5 Å². The van der Waals surface area contributed by atoms with Crippen molar-refractivity contribution in [2.24, 2.45) is 8.80 Å². The van der Waals surface area contributed by atoms with Gasteiger partial charge in [0.15, 0.2) is 11.6 Å². The molecule has 0 saturated heterocycles. The van der Waals surface area contributed by atoms with Gasteiger partial charge in [0.1, 0.15) is 69.6 Å². The number of hydrogen-bond donors (Lipinski definition) is 0. The summed E-state index contributed by atoms with van der Waals surface area (Å²) in [5.41, 5.74) is 2.96. The van der Waals surface area contributed by atoms with E-state index in [0.29, 0.717) is 79.3 Å². The Hall–Kier alpha value is -7.87. The third-order valence-electron chi connectivity index (χ3n) is 14.3. The van der Waals surface area contributed by atoms with Gasteiger partial charge in [-0.3, -0.25) is 18.3 Å². The van der Waals surface area contributed by atoms with Gasteiger partial charge in [-0.15, -0.1) is 0 Å². The summed E-state index contributed by atoms with van der Waals surface area (Å²) >= 11 is 0. The van der Waals surface area contributed by atoms with Gasteiger partial charge in [-0.1, -0.05) is 39.3 Å². The number of rotatable bonds is 20. The molecule has 8 aromatic rings. The van der Waals surface area contributed by atoms with Gasteiger partial charge in [0.05, 0.1) is 77.0 Å². The molecule has 2 unspecified atom stereocenters. The summed E-state index contributed by atoms with van der Waals surface area (Å²) in [5.74, 6) is -0.143. The van der Waals surface area contributed by atoms with E-state index in [1.165, 1.54) is 33.7 Å². The van der Waals surface area contributed by atoms with Crippen LogP contribution in [0.3, 0.4) is 0 Å². The first-order valence-electron chi connectivity index (χ1n) is 31.0. The molecule has 4 aromatic heterocycles. The zero-order chi connectivity index (χ0) is 71.5. The van der Waals surface area contributed by atoms with Crippen molar-refractivity contribution in [2.75, 3.05) is 13.2 Å². The van der Waals surface area contributed by atoms with Crippen LogP contribution in [-0.4, -0.2) is 124 Å². The number of imidazole rings is 2. The van der Waals surface area contributed by atoms with Crippen LogP contribution < -0.4 is 9.47 Å². The summed E-state index contributed by atoms with van der Waals surface area (Å²) in [6.45, 7) is 32.2. The van der Waals surface area contributed by atoms with Gasteiger partial charge >= 0.3 is 25.4 Å². The highest BCUT2D eigenvalue weighted by molar-refractivity contribution is 7.85. The zero-order valence-corrected chi connectivity index (χ0v) is 61.8. The molecule has 0 aliphatic carbocycles. The van der Waals surface area contributed by atoms with Crippen molar-refractivity contribution in [1.82, 2.24) is 28.2 Å². The molecule has 28 heteroatoms. The molecule has 4 aromatic carbocycles. The highest BCUT2D eigenvalue weighted by Crippen LogP contribution is 2.40. The molecule has 0 bridgehead atoms. The Bertz CT molecular complexity index is 4280. The predicted molar refractivity (Wildman–Crippen MR) is 374 cm³/mol. The molecule has 0 aliphatic heterocycles. The first-order valence-corrected chi connectivity index (χ1v) is 40.7. The average molecular weight is 1400 g/mol. The molecule has 0 N–H and O–H groups in total. The number of aryl methyl sites for hydroxylation is 2. The van der Waals surface area contributed by atoms with Crippen LogP contribution in [0.4, 0.5) is 27.2 Å². The number of halogens is 4. The van der Waals surface area contributed by atoms with Gasteiger partial charge in [0, 0.05) is 52.5 Å². The normalized spacial score (nSPS) is 13.7. The maximum absolute atomic E-state index is 14.0. The van der Waals surface area contributed by atoms with Crippen LogP contribution in [-0.2, 0) is 54.4 Å². The third kappa shape index (κ3) is 18.8. The second kappa shape index (κ2) is 29.5. The fraction of sp³-hybridized carbons (Fsp3) is 0.471. The molecule has 20 nitrogen and oxygen atoms in total. The lowest BCUT2D eigenvalue weighted by molar-refractivity contribution is -0.0505. The Labute approximate surface area is 564 Å². The number of nitriles is 2. The summed E-state index contributed by atoms with van der Waals surface area (Å²) in [6.07, 6.45) is 1.64. The van der Waals surface area contributed by atoms with E-state index in [1.807, 2.05) is 0 Å². The number of aromatic nitrogens is 6. The van der Waals surface area contributed by atoms with E-state index in [4.69, 9.17) is 38.4 Å². The minimum absolute atomic E-state index is 0.00523. The van der Waals surface area contributed by atoms with Crippen molar-refractivity contribution in [1.29, 1.82) is 10.5 Å². The van der Waals surface area contributed by atoms with Crippen LogP contribution in [0.2, 0.25) is 51.4 Å². The van der Waals surface area contributed by atoms with Crippen molar-refractivity contribution in [3.05, 3.63) is 118 Å². The lowest BCUT2D eigenvalue weighted by Crippen LogP contribution is -2.27. The van der Waals surface area contributed by atoms with Gasteiger partial charge in [-0.25, -0.2) is 28.0 Å². The Morgan fingerprint density at radius 2 is 0.948 bits per heavy atom. The number of alkyl halides is 4. The van der Waals surface area contributed by atoms with Gasteiger partial charge < -0.3 is 28.4 Å². The number of carbonyl (C=O) groups excluding carboxylic acids is 2. The van der Waals surface area contributed by atoms with Gasteiger partial charge in [0.2, 0.25) is 0 Å². The van der Waals surface area contributed by atoms with Crippen molar-refractivity contribution >= 4 is 106 Å². The lowest BCUT2D eigenvalue weighted by Gasteiger charge is -2.21. The van der Waals surface area contributed by atoms with E-state index in [1.54, 1.807) is 155 Å². The molecule has 0 aliphatic rings. The van der Waals surface area contributed by atoms with E-state index in [9.17, 15) is 46.1 Å². The molecule has 96 heavy (non-hydrogen) atoms. The van der Waals surface area contributed by atoms with Crippen LogP contribution >= 0.6 is 0 Å². The molecule has 0 radical (unpaired) electrons. The maximum atomic E-state index is 14.0. The quantitative estimate of drug-likeness (QED) is 0.0298. The summed E-state index contributed by atoms with van der Waals surface area (Å²) in [6, 6.07) is 21.9. The molecule has 2 atom stereocenters. The van der Waals surface area contributed by atoms with Crippen LogP contribution in [0.25, 0.3) is 43.9 Å². The number of nitrogens with zero attached hydrogens (tertiary/aromatic N) is 10. The van der Waals surface area contributed by atoms with Crippen molar-refractivity contribution < 1.29 is 64.0 Å². The van der Waals surface area contributed by atoms with E-state index < -0.39 is 84.2 Å². The molecule has 0 amide bonds. The molecular weight excluding hydrogens is 1310 g/mol. The highest BCUT2D eigenvalue weighted by atomic mass is 32.2. The van der Waals surface area contributed by atoms with E-state index >= 15 is 0 Å². The fourth-order valence-corrected chi connectivity index (χ4v) is 12.5. The Morgan fingerprint density at radius 3 is 1.32 bits per heavy atom. The maximum Gasteiger partial charge on any atom is 0.419 e. The molecule has 516 valence electrons. The fourth-order valence-electron chi connectivity index (χ4n) is 9.72. The monoisotopic (exact) mass is 1400 g/mol. The molecule has 0 saturated carbocycles. The smallest absolute Gasteiger partial charge is 0.419 e. The number of hydrogen-bond acceptors (Lipinski definition) is 14. The minimum Gasteiger partial charge on any atom is -0.443 e. The van der Waals surface area contributed by atoms with Crippen molar-refractivity contribution in [3.63, 3.8) is 0 Å². The van der Waals surface area contributed by atoms with Crippen molar-refractivity contribution in [2.45, 2.75) is 196 Å². The average Bonchev–Trinajstić information content (AvgIpc) is 1.55. The Morgan fingerprint density at radius 1 is 0.562 bits per heavy atom. The predicted octanol–water partition coefficient (Wildman–Crippen LogP) is 16.3. The minimum atomic E-state index is -3.20. The molecule has 0 fully saturated rings. The zero-order valence-electron chi connectivity index (χ0n) is 58.2. The Kier molecular flexibility index (Phi) is 23.2. The first kappa shape index (κ1) is 75.5. The summed E-state index contributed by atoms with van der Waals surface area (Å²) in [5, 5.41) is 19.9. The van der Waals surface area contributed by atoms with Crippen LogP contribution in [0, 0.1) is 36.5 Å². The molecule has 0 spiro atoms. The standard InChI is InChI=1S/2C34H43F2N5O5SSi/c1-21-17-26(45-31(35)36)27(23-13-14-40(29(21)23)32(42)46-33(2,3)4)28(39-47(43)34(5,6)7)30-38-24-18-22(19-37)11-12-25(24)41(30)20-44-15-16-48(8,9)10;1-21-17-26(45-31(35)36)27(23-13-14-40(29(21)23)32(42)46-33(2,3)4)28(39-47(43)34(5,6)7)30-38-24-12-11-22(19-37)18-25(24)41(30)20-44-15-16-48(8,9)10/h2*11-14,17-18,31H,15-16,20H2,1-10H3. The van der Waals surface area contributed by atoms with Gasteiger partial charge in [-0.05, 0) is 181 Å². The largest absolute Gasteiger partial charge is 0.443 e. The van der Waals surface area contributed by atoms with E-state index in [2.05, 4.69) is 60.2 Å². The SMILES string of the molecule is Cc1cc(OC(F)F)c(C(=NS(=O)C(C)(C)C)c2nc3cc(C#N)ccc3n2COCC[Si](C)(C)C)c2ccn(C(=O)OC(C)(C)C)c12.Cc1cc(OC(F)F)c(C(=NS(=O)C(C)(C)C)c2nc3ccc(C#N)cc3n2COCC[Si](C)(C)C)c2ccn(C(=O)OC(C)(C)C)c12. The van der Waals surface area contributed by atoms with Crippen LogP contribution in [0.15, 0.2) is 81.9 Å². The molecule has 4 heterocycles. The van der Waals surface area contributed by atoms with Crippen molar-refractivity contribution in [3.8, 4) is 23.6 Å². The van der Waals surface area contributed by atoms with Gasteiger partial charge in [-0.2, -0.15) is 36.9 Å². The summed E-state index contributed by atoms with van der Waals surface area (Å²) in [7, 11) is -6.68. The Balaban J connectivity index is 0.000000271. The molecule has 8 rings (SSSR count). The first-order chi connectivity index (χ1) is 44.4. The number of fused-ring (bicyclic) bond motifs is 4. The second-order valence-electron chi connectivity index (χ2n) is 29.4. The number of carbonyl (C=O) groups is 2. The third-order valence-corrected chi connectivity index (χ3v) is 20.5. The summed E-state index contributed by atoms with van der Waals surface area (Å²) in [4.78, 5) is 36.3. The summed E-state index contributed by atoms with van der Waals surface area (Å²) < 4.78 is 131. The van der Waals surface area contributed by atoms with E-state index in [0.717, 1.165) is 12.1 Å². The topological polar surface area (TPSA) is 241 Å². The van der Waals surface area contributed by atoms with E-state index in [-0.39, 0.29) is 59.2 Å². The number of ether oxygens (including phenoxy) is 6. The second-order valence-corrected chi connectivity index (χ2v) is 44.5. The molecular formula is C68H86F4N10O10S2Si2. The number of benzene rings is 4. The van der Waals surface area contributed by atoms with Crippen LogP contribution in [0.1, 0.15) is 128 Å². The highest BCUT2D eigenvalue weighted by Gasteiger charge is 2.34. The van der Waals surface area contributed by atoms with Gasteiger partial charge in [0.25, 0.3) is 0 Å². The lowest BCUT2D eigenvalue weighted by atomic mass is 10.00.